The van der Waals surface area contributed by atoms with Crippen LogP contribution in [0.15, 0.2) is 42.5 Å². The lowest BCUT2D eigenvalue weighted by Crippen LogP contribution is -2.06. The first-order chi connectivity index (χ1) is 11.1. The molecule has 0 saturated carbocycles. The third-order valence-corrected chi connectivity index (χ3v) is 4.58. The zero-order valence-corrected chi connectivity index (χ0v) is 14.0. The van der Waals surface area contributed by atoms with Gasteiger partial charge in [0.2, 0.25) is 0 Å². The summed E-state index contributed by atoms with van der Waals surface area (Å²) in [7, 11) is 0. The number of aryl methyl sites for hydroxylation is 2. The van der Waals surface area contributed by atoms with Crippen molar-refractivity contribution in [2.45, 2.75) is 20.3 Å². The standard InChI is InChI=1S/C19H18ClN3/c1-12-6-7-13(2)17(10-12)23-19-16(8-9-21-19)18(22-23)14-4-3-5-15(20)11-14/h3-7,10-11,21H,8-9H2,1-2H3. The Kier molecular flexibility index (Phi) is 3.38. The van der Waals surface area contributed by atoms with Crippen LogP contribution in [0.3, 0.4) is 0 Å². The highest BCUT2D eigenvalue weighted by molar-refractivity contribution is 6.30. The maximum absolute atomic E-state index is 6.17. The zero-order chi connectivity index (χ0) is 16.0. The summed E-state index contributed by atoms with van der Waals surface area (Å²) in [5, 5.41) is 9.14. The molecule has 4 rings (SSSR count). The van der Waals surface area contributed by atoms with Crippen molar-refractivity contribution in [3.8, 4) is 16.9 Å². The smallest absolute Gasteiger partial charge is 0.133 e. The number of aromatic nitrogens is 2. The van der Waals surface area contributed by atoms with Gasteiger partial charge in [0.05, 0.1) is 11.4 Å². The molecule has 0 spiro atoms. The van der Waals surface area contributed by atoms with Crippen molar-refractivity contribution in [2.24, 2.45) is 0 Å². The van der Waals surface area contributed by atoms with Gasteiger partial charge >= 0.3 is 0 Å². The molecule has 0 saturated heterocycles. The fourth-order valence-electron chi connectivity index (χ4n) is 3.16. The molecule has 0 fully saturated rings. The Morgan fingerprint density at radius 1 is 1.13 bits per heavy atom. The summed E-state index contributed by atoms with van der Waals surface area (Å²) in [5.41, 5.74) is 6.94. The Hall–Kier alpha value is -2.26. The van der Waals surface area contributed by atoms with E-state index >= 15 is 0 Å². The Morgan fingerprint density at radius 3 is 2.83 bits per heavy atom. The molecule has 1 aliphatic rings. The zero-order valence-electron chi connectivity index (χ0n) is 13.2. The highest BCUT2D eigenvalue weighted by atomic mass is 35.5. The minimum Gasteiger partial charge on any atom is -0.369 e. The summed E-state index contributed by atoms with van der Waals surface area (Å²) in [5.74, 6) is 1.11. The van der Waals surface area contributed by atoms with Crippen LogP contribution in [0, 0.1) is 13.8 Å². The minimum atomic E-state index is 0.739. The molecule has 0 bridgehead atoms. The van der Waals surface area contributed by atoms with E-state index in [1.807, 2.05) is 22.9 Å². The summed E-state index contributed by atoms with van der Waals surface area (Å²) >= 11 is 6.17. The van der Waals surface area contributed by atoms with Crippen LogP contribution < -0.4 is 5.32 Å². The molecule has 0 unspecified atom stereocenters. The van der Waals surface area contributed by atoms with E-state index in [-0.39, 0.29) is 0 Å². The number of nitrogens with zero attached hydrogens (tertiary/aromatic N) is 2. The maximum atomic E-state index is 6.17. The van der Waals surface area contributed by atoms with E-state index in [1.54, 1.807) is 0 Å². The van der Waals surface area contributed by atoms with Crippen molar-refractivity contribution in [1.29, 1.82) is 0 Å². The molecule has 1 aromatic heterocycles. The number of halogens is 1. The van der Waals surface area contributed by atoms with E-state index in [0.29, 0.717) is 0 Å². The molecule has 116 valence electrons. The summed E-state index contributed by atoms with van der Waals surface area (Å²) in [6, 6.07) is 14.4. The number of hydrogen-bond acceptors (Lipinski definition) is 2. The third kappa shape index (κ3) is 2.41. The third-order valence-electron chi connectivity index (χ3n) is 4.34. The SMILES string of the molecule is Cc1ccc(C)c(-n2nc(-c3cccc(Cl)c3)c3c2NCC3)c1. The maximum Gasteiger partial charge on any atom is 0.133 e. The van der Waals surface area contributed by atoms with Gasteiger partial charge in [-0.15, -0.1) is 0 Å². The molecule has 0 amide bonds. The van der Waals surface area contributed by atoms with Crippen LogP contribution in [0.25, 0.3) is 16.9 Å². The monoisotopic (exact) mass is 323 g/mol. The van der Waals surface area contributed by atoms with Crippen LogP contribution in [0.4, 0.5) is 5.82 Å². The average molecular weight is 324 g/mol. The highest BCUT2D eigenvalue weighted by Gasteiger charge is 2.24. The Labute approximate surface area is 140 Å². The second-order valence-electron chi connectivity index (χ2n) is 6.06. The molecule has 0 radical (unpaired) electrons. The molecular formula is C19H18ClN3. The molecule has 1 aliphatic heterocycles. The van der Waals surface area contributed by atoms with E-state index in [2.05, 4.69) is 43.4 Å². The van der Waals surface area contributed by atoms with Gasteiger partial charge in [0.15, 0.2) is 0 Å². The van der Waals surface area contributed by atoms with E-state index in [1.165, 1.54) is 16.7 Å². The van der Waals surface area contributed by atoms with Crippen molar-refractivity contribution in [2.75, 3.05) is 11.9 Å². The minimum absolute atomic E-state index is 0.739. The molecular weight excluding hydrogens is 306 g/mol. The van der Waals surface area contributed by atoms with Crippen LogP contribution in [-0.4, -0.2) is 16.3 Å². The van der Waals surface area contributed by atoms with Gasteiger partial charge in [-0.05, 0) is 49.6 Å². The lowest BCUT2D eigenvalue weighted by Gasteiger charge is -2.10. The van der Waals surface area contributed by atoms with Crippen LogP contribution in [0.2, 0.25) is 5.02 Å². The van der Waals surface area contributed by atoms with Crippen molar-refractivity contribution in [1.82, 2.24) is 9.78 Å². The van der Waals surface area contributed by atoms with Gasteiger partial charge < -0.3 is 5.32 Å². The van der Waals surface area contributed by atoms with Crippen LogP contribution >= 0.6 is 11.6 Å². The summed E-state index contributed by atoms with van der Waals surface area (Å²) < 4.78 is 2.04. The van der Waals surface area contributed by atoms with E-state index < -0.39 is 0 Å². The molecule has 3 nitrogen and oxygen atoms in total. The van der Waals surface area contributed by atoms with Crippen molar-refractivity contribution < 1.29 is 0 Å². The van der Waals surface area contributed by atoms with Crippen LogP contribution in [0.1, 0.15) is 16.7 Å². The van der Waals surface area contributed by atoms with E-state index in [9.17, 15) is 0 Å². The second kappa shape index (κ2) is 5.43. The van der Waals surface area contributed by atoms with Gasteiger partial charge in [-0.3, -0.25) is 0 Å². The molecule has 4 heteroatoms. The number of fused-ring (bicyclic) bond motifs is 1. The molecule has 0 atom stereocenters. The van der Waals surface area contributed by atoms with Gasteiger partial charge in [0.1, 0.15) is 5.82 Å². The Morgan fingerprint density at radius 2 is 2.00 bits per heavy atom. The molecule has 2 heterocycles. The number of rotatable bonds is 2. The van der Waals surface area contributed by atoms with Crippen LogP contribution in [0.5, 0.6) is 0 Å². The Balaban J connectivity index is 1.93. The highest BCUT2D eigenvalue weighted by Crippen LogP contribution is 2.36. The molecule has 3 aromatic rings. The van der Waals surface area contributed by atoms with Crippen molar-refractivity contribution in [3.05, 3.63) is 64.2 Å². The van der Waals surface area contributed by atoms with Gasteiger partial charge in [-0.1, -0.05) is 35.9 Å². The summed E-state index contributed by atoms with van der Waals surface area (Å²) in [6.07, 6.45) is 0.988. The quantitative estimate of drug-likeness (QED) is 0.735. The second-order valence-corrected chi connectivity index (χ2v) is 6.50. The predicted octanol–water partition coefficient (Wildman–Crippen LogP) is 4.78. The fraction of sp³-hybridized carbons (Fsp3) is 0.211. The van der Waals surface area contributed by atoms with Gasteiger partial charge in [-0.2, -0.15) is 5.10 Å². The van der Waals surface area contributed by atoms with E-state index in [4.69, 9.17) is 16.7 Å². The lowest BCUT2D eigenvalue weighted by molar-refractivity contribution is 0.874. The van der Waals surface area contributed by atoms with Gasteiger partial charge in [-0.25, -0.2) is 4.68 Å². The van der Waals surface area contributed by atoms with E-state index in [0.717, 1.165) is 40.8 Å². The first-order valence-corrected chi connectivity index (χ1v) is 8.20. The van der Waals surface area contributed by atoms with Gasteiger partial charge in [0.25, 0.3) is 0 Å². The lowest BCUT2D eigenvalue weighted by atomic mass is 10.1. The number of benzene rings is 2. The molecule has 1 N–H and O–H groups in total. The summed E-state index contributed by atoms with van der Waals surface area (Å²) in [4.78, 5) is 0. The first-order valence-electron chi connectivity index (χ1n) is 7.83. The predicted molar refractivity (Wildman–Crippen MR) is 95.7 cm³/mol. The number of nitrogens with one attached hydrogen (secondary N) is 1. The molecule has 0 aliphatic carbocycles. The molecule has 23 heavy (non-hydrogen) atoms. The number of anilines is 1. The number of hydrogen-bond donors (Lipinski definition) is 1. The average Bonchev–Trinajstić information content (AvgIpc) is 3.12. The van der Waals surface area contributed by atoms with Crippen molar-refractivity contribution >= 4 is 17.4 Å². The van der Waals surface area contributed by atoms with Crippen LogP contribution in [-0.2, 0) is 6.42 Å². The normalized spacial score (nSPS) is 13.0. The summed E-state index contributed by atoms with van der Waals surface area (Å²) in [6.45, 7) is 5.18. The fourth-order valence-corrected chi connectivity index (χ4v) is 3.35. The largest absolute Gasteiger partial charge is 0.369 e. The van der Waals surface area contributed by atoms with Gasteiger partial charge in [0, 0.05) is 22.7 Å². The Bertz CT molecular complexity index is 896. The van der Waals surface area contributed by atoms with Crippen molar-refractivity contribution in [3.63, 3.8) is 0 Å². The first kappa shape index (κ1) is 14.3. The molecule has 2 aromatic carbocycles. The topological polar surface area (TPSA) is 29.9 Å².